The molecule has 1 nitrogen and oxygen atoms in total. The Hall–Kier alpha value is -1.11. The average molecular weight is 469 g/mol. The van der Waals surface area contributed by atoms with E-state index in [-0.39, 0.29) is 5.41 Å². The molecular weight excluding hydrogens is 410 g/mol. The Morgan fingerprint density at radius 3 is 1.38 bits per heavy atom. The smallest absolute Gasteiger partial charge is 0.199 e. The quantitative estimate of drug-likeness (QED) is 0.125. The molecule has 0 aliphatic carbocycles. The highest BCUT2D eigenvalue weighted by Crippen LogP contribution is 2.39. The van der Waals surface area contributed by atoms with Crippen molar-refractivity contribution in [1.82, 2.24) is 0 Å². The summed E-state index contributed by atoms with van der Waals surface area (Å²) in [6, 6.07) is 9.01. The van der Waals surface area contributed by atoms with Crippen LogP contribution in [-0.4, -0.2) is 16.8 Å². The van der Waals surface area contributed by atoms with Gasteiger partial charge in [-0.1, -0.05) is 141 Å². The van der Waals surface area contributed by atoms with E-state index >= 15 is 0 Å². The highest BCUT2D eigenvalue weighted by Gasteiger charge is 2.42. The number of rotatable bonds is 21. The molecule has 0 atom stereocenters. The number of unbranched alkanes of at least 4 members (excludes halogenated alkanes) is 19. The summed E-state index contributed by atoms with van der Waals surface area (Å²) in [6.07, 6.45) is 28.9. The average Bonchev–Trinajstić information content (AvgIpc) is 3.03. The summed E-state index contributed by atoms with van der Waals surface area (Å²) in [5.74, 6) is 0. The zero-order valence-corrected chi connectivity index (χ0v) is 23.6. The first-order valence-electron chi connectivity index (χ1n) is 15.3. The van der Waals surface area contributed by atoms with Crippen LogP contribution >= 0.6 is 0 Å². The molecule has 0 unspecified atom stereocenters. The number of fused-ring (bicyclic) bond motifs is 1. The van der Waals surface area contributed by atoms with Crippen molar-refractivity contribution in [3.05, 3.63) is 29.8 Å². The van der Waals surface area contributed by atoms with Crippen LogP contribution in [0.1, 0.15) is 162 Å². The second kappa shape index (κ2) is 17.3. The highest BCUT2D eigenvalue weighted by molar-refractivity contribution is 5.93. The van der Waals surface area contributed by atoms with Crippen molar-refractivity contribution in [3.63, 3.8) is 0 Å². The van der Waals surface area contributed by atoms with Gasteiger partial charge in [0.25, 0.3) is 0 Å². The Bertz CT molecular complexity index is 684. The van der Waals surface area contributed by atoms with Crippen molar-refractivity contribution < 1.29 is 4.58 Å². The summed E-state index contributed by atoms with van der Waals surface area (Å²) < 4.78 is 2.59. The Balaban J connectivity index is 1.35. The molecule has 194 valence electrons. The molecule has 0 amide bonds. The van der Waals surface area contributed by atoms with Gasteiger partial charge in [0.2, 0.25) is 5.69 Å². The molecule has 0 bridgehead atoms. The van der Waals surface area contributed by atoms with E-state index in [1.165, 1.54) is 152 Å². The van der Waals surface area contributed by atoms with E-state index in [1.54, 1.807) is 0 Å². The van der Waals surface area contributed by atoms with Gasteiger partial charge in [0.15, 0.2) is 5.71 Å². The SMILES string of the molecule is CCCCCCCCCCCCCCCCCCCCCC[N+]1=C(C)C(C)(C)c2ccccc21. The van der Waals surface area contributed by atoms with Crippen molar-refractivity contribution in [1.29, 1.82) is 0 Å². The van der Waals surface area contributed by atoms with Gasteiger partial charge in [0.1, 0.15) is 6.54 Å². The topological polar surface area (TPSA) is 3.01 Å². The van der Waals surface area contributed by atoms with Gasteiger partial charge < -0.3 is 0 Å². The molecule has 1 aliphatic rings. The second-order valence-electron chi connectivity index (χ2n) is 11.6. The number of nitrogens with zero attached hydrogens (tertiary/aromatic N) is 1. The highest BCUT2D eigenvalue weighted by atomic mass is 15.1. The van der Waals surface area contributed by atoms with Crippen LogP contribution in [0.4, 0.5) is 5.69 Å². The van der Waals surface area contributed by atoms with Crippen LogP contribution in [-0.2, 0) is 5.41 Å². The lowest BCUT2D eigenvalue weighted by Crippen LogP contribution is -2.26. The number of benzene rings is 1. The van der Waals surface area contributed by atoms with Crippen LogP contribution in [0.25, 0.3) is 0 Å². The minimum Gasteiger partial charge on any atom is -0.199 e. The van der Waals surface area contributed by atoms with Crippen molar-refractivity contribution in [2.24, 2.45) is 0 Å². The Morgan fingerprint density at radius 2 is 0.941 bits per heavy atom. The molecule has 1 heterocycles. The molecule has 1 heteroatoms. The van der Waals surface area contributed by atoms with E-state index in [4.69, 9.17) is 0 Å². The fraction of sp³-hybridized carbons (Fsp3) is 0.788. The number of hydrogen-bond donors (Lipinski definition) is 0. The Kier molecular flexibility index (Phi) is 14.9. The molecule has 0 spiro atoms. The first-order valence-corrected chi connectivity index (χ1v) is 15.3. The first-order chi connectivity index (χ1) is 16.6. The molecule has 1 aromatic rings. The van der Waals surface area contributed by atoms with Crippen molar-refractivity contribution in [2.45, 2.75) is 162 Å². The van der Waals surface area contributed by atoms with E-state index in [2.05, 4.69) is 56.5 Å². The van der Waals surface area contributed by atoms with Gasteiger partial charge in [-0.2, -0.15) is 4.58 Å². The Morgan fingerprint density at radius 1 is 0.559 bits per heavy atom. The van der Waals surface area contributed by atoms with Gasteiger partial charge in [-0.15, -0.1) is 0 Å². The van der Waals surface area contributed by atoms with Crippen LogP contribution in [0, 0.1) is 0 Å². The van der Waals surface area contributed by atoms with E-state index in [0.717, 1.165) is 0 Å². The van der Waals surface area contributed by atoms with Gasteiger partial charge in [-0.25, -0.2) is 0 Å². The molecule has 0 saturated carbocycles. The summed E-state index contributed by atoms with van der Waals surface area (Å²) >= 11 is 0. The van der Waals surface area contributed by atoms with Gasteiger partial charge in [0, 0.05) is 25.0 Å². The molecule has 34 heavy (non-hydrogen) atoms. The lowest BCUT2D eigenvalue weighted by molar-refractivity contribution is -0.439. The van der Waals surface area contributed by atoms with Crippen molar-refractivity contribution in [2.75, 3.05) is 6.54 Å². The van der Waals surface area contributed by atoms with E-state index in [1.807, 2.05) is 0 Å². The van der Waals surface area contributed by atoms with Crippen LogP contribution in [0.3, 0.4) is 0 Å². The summed E-state index contributed by atoms with van der Waals surface area (Å²) in [5.41, 5.74) is 4.65. The Labute approximate surface area is 213 Å². The molecule has 1 aliphatic heterocycles. The molecule has 0 fully saturated rings. The van der Waals surface area contributed by atoms with E-state index in [0.29, 0.717) is 0 Å². The van der Waals surface area contributed by atoms with Gasteiger partial charge >= 0.3 is 0 Å². The fourth-order valence-electron chi connectivity index (χ4n) is 5.76. The zero-order valence-electron chi connectivity index (χ0n) is 23.6. The third kappa shape index (κ3) is 10.2. The monoisotopic (exact) mass is 468 g/mol. The third-order valence-corrected chi connectivity index (χ3v) is 8.41. The second-order valence-corrected chi connectivity index (χ2v) is 11.6. The normalized spacial score (nSPS) is 14.7. The molecule has 1 aromatic carbocycles. The predicted octanol–water partition coefficient (Wildman–Crippen LogP) is 10.9. The van der Waals surface area contributed by atoms with Crippen molar-refractivity contribution in [3.8, 4) is 0 Å². The minimum atomic E-state index is 0.185. The number of hydrogen-bond acceptors (Lipinski definition) is 0. The fourth-order valence-corrected chi connectivity index (χ4v) is 5.76. The molecule has 0 aromatic heterocycles. The summed E-state index contributed by atoms with van der Waals surface area (Å²) in [6.45, 7) is 10.6. The largest absolute Gasteiger partial charge is 0.209 e. The van der Waals surface area contributed by atoms with Crippen LogP contribution < -0.4 is 0 Å². The first kappa shape index (κ1) is 29.1. The van der Waals surface area contributed by atoms with Crippen LogP contribution in [0.5, 0.6) is 0 Å². The number of para-hydroxylation sites is 1. The maximum Gasteiger partial charge on any atom is 0.209 e. The van der Waals surface area contributed by atoms with Gasteiger partial charge in [-0.05, 0) is 20.3 Å². The molecule has 0 N–H and O–H groups in total. The molecule has 0 radical (unpaired) electrons. The van der Waals surface area contributed by atoms with Crippen molar-refractivity contribution >= 4 is 11.4 Å². The lowest BCUT2D eigenvalue weighted by atomic mass is 9.82. The summed E-state index contributed by atoms with van der Waals surface area (Å²) in [4.78, 5) is 0. The minimum absolute atomic E-state index is 0.185. The lowest BCUT2D eigenvalue weighted by Gasteiger charge is -2.14. The van der Waals surface area contributed by atoms with E-state index in [9.17, 15) is 0 Å². The van der Waals surface area contributed by atoms with Crippen LogP contribution in [0.2, 0.25) is 0 Å². The predicted molar refractivity (Wildman–Crippen MR) is 153 cm³/mol. The third-order valence-electron chi connectivity index (χ3n) is 8.41. The molecule has 2 rings (SSSR count). The molecular formula is C33H58N+. The van der Waals surface area contributed by atoms with Gasteiger partial charge in [0.05, 0.1) is 5.41 Å². The standard InChI is InChI=1S/C33H58N/c1-5-6-7-8-9-10-11-12-13-14-15-16-17-18-19-20-21-22-23-26-29-34-30(2)33(3,4)31-27-24-25-28-32(31)34/h24-25,27-28H,5-23,26,29H2,1-4H3/q+1. The summed E-state index contributed by atoms with van der Waals surface area (Å²) in [5, 5.41) is 0. The van der Waals surface area contributed by atoms with Gasteiger partial charge in [-0.3, -0.25) is 0 Å². The van der Waals surface area contributed by atoms with E-state index < -0.39 is 0 Å². The maximum atomic E-state index is 2.59. The maximum absolute atomic E-state index is 2.59. The zero-order chi connectivity index (χ0) is 24.5. The van der Waals surface area contributed by atoms with Crippen LogP contribution in [0.15, 0.2) is 24.3 Å². The molecule has 0 saturated heterocycles. The summed E-state index contributed by atoms with van der Waals surface area (Å²) in [7, 11) is 0.